The second-order valence-corrected chi connectivity index (χ2v) is 6.71. The monoisotopic (exact) mass is 372 g/mol. The maximum atomic E-state index is 10.8. The van der Waals surface area contributed by atoms with Gasteiger partial charge in [-0.05, 0) is 30.2 Å². The number of hydrogen-bond donors (Lipinski definition) is 0. The quantitative estimate of drug-likeness (QED) is 0.621. The van der Waals surface area contributed by atoms with Crippen LogP contribution in [0.3, 0.4) is 0 Å². The van der Waals surface area contributed by atoms with E-state index < -0.39 is 5.97 Å². The van der Waals surface area contributed by atoms with Crippen molar-refractivity contribution in [2.75, 3.05) is 0 Å². The first-order valence-electron chi connectivity index (χ1n) is 7.70. The van der Waals surface area contributed by atoms with E-state index in [0.717, 1.165) is 28.7 Å². The minimum absolute atomic E-state index is 0.175. The van der Waals surface area contributed by atoms with Crippen LogP contribution in [-0.4, -0.2) is 20.7 Å². The molecule has 2 aromatic carbocycles. The fraction of sp³-hybridized carbons (Fsp3) is 0.167. The van der Waals surface area contributed by atoms with Gasteiger partial charge in [0.15, 0.2) is 11.0 Å². The molecular formula is C18H15ClN3O2S-. The summed E-state index contributed by atoms with van der Waals surface area (Å²) >= 11 is 7.62. The molecule has 0 saturated heterocycles. The van der Waals surface area contributed by atoms with Crippen molar-refractivity contribution in [2.24, 2.45) is 0 Å². The number of carbonyl (C=O) groups excluding carboxylic acids is 1. The summed E-state index contributed by atoms with van der Waals surface area (Å²) in [4.78, 5) is 10.8. The summed E-state index contributed by atoms with van der Waals surface area (Å²) in [6.07, 6.45) is 0. The molecule has 3 rings (SSSR count). The number of hydrogen-bond acceptors (Lipinski definition) is 5. The van der Waals surface area contributed by atoms with E-state index in [0.29, 0.717) is 10.8 Å². The SMILES string of the molecule is CCn1c(SCc2ccc(C(=O)[O-])cc2)nnc1-c1cccc(Cl)c1. The normalized spacial score (nSPS) is 10.8. The van der Waals surface area contributed by atoms with Crippen LogP contribution in [0, 0.1) is 0 Å². The fourth-order valence-electron chi connectivity index (χ4n) is 2.41. The van der Waals surface area contributed by atoms with Crippen molar-refractivity contribution in [3.8, 4) is 11.4 Å². The van der Waals surface area contributed by atoms with Crippen LogP contribution in [0.15, 0.2) is 53.7 Å². The predicted molar refractivity (Wildman–Crippen MR) is 96.5 cm³/mol. The third-order valence-corrected chi connectivity index (χ3v) is 4.95. The molecule has 0 aliphatic rings. The fourth-order valence-corrected chi connectivity index (χ4v) is 3.56. The molecule has 7 heteroatoms. The Labute approximate surface area is 154 Å². The number of halogens is 1. The molecule has 0 saturated carbocycles. The lowest BCUT2D eigenvalue weighted by atomic mass is 10.1. The number of rotatable bonds is 6. The topological polar surface area (TPSA) is 70.8 Å². The molecule has 0 amide bonds. The Morgan fingerprint density at radius 3 is 2.60 bits per heavy atom. The number of carbonyl (C=O) groups is 1. The highest BCUT2D eigenvalue weighted by atomic mass is 35.5. The summed E-state index contributed by atoms with van der Waals surface area (Å²) in [5.74, 6) is 0.275. The second kappa shape index (κ2) is 7.72. The lowest BCUT2D eigenvalue weighted by Gasteiger charge is -2.08. The number of nitrogens with zero attached hydrogens (tertiary/aromatic N) is 3. The Kier molecular flexibility index (Phi) is 5.40. The summed E-state index contributed by atoms with van der Waals surface area (Å²) in [6.45, 7) is 2.77. The van der Waals surface area contributed by atoms with Crippen LogP contribution in [0.2, 0.25) is 5.02 Å². The molecule has 25 heavy (non-hydrogen) atoms. The Bertz CT molecular complexity index is 894. The van der Waals surface area contributed by atoms with Crippen molar-refractivity contribution >= 4 is 29.3 Å². The van der Waals surface area contributed by atoms with Gasteiger partial charge in [0.05, 0.1) is 5.97 Å². The predicted octanol–water partition coefficient (Wildman–Crippen LogP) is 3.27. The summed E-state index contributed by atoms with van der Waals surface area (Å²) in [5.41, 5.74) is 2.10. The van der Waals surface area contributed by atoms with Gasteiger partial charge in [-0.25, -0.2) is 0 Å². The minimum atomic E-state index is -1.17. The van der Waals surface area contributed by atoms with Gasteiger partial charge >= 0.3 is 0 Å². The van der Waals surface area contributed by atoms with Crippen molar-refractivity contribution in [2.45, 2.75) is 24.4 Å². The molecule has 0 aliphatic carbocycles. The molecule has 1 heterocycles. The summed E-state index contributed by atoms with van der Waals surface area (Å²) in [5, 5.41) is 20.8. The van der Waals surface area contributed by atoms with E-state index in [1.165, 1.54) is 0 Å². The number of aromatic carboxylic acids is 1. The maximum absolute atomic E-state index is 10.8. The lowest BCUT2D eigenvalue weighted by Crippen LogP contribution is -2.21. The van der Waals surface area contributed by atoms with Gasteiger partial charge < -0.3 is 14.5 Å². The third-order valence-electron chi connectivity index (χ3n) is 3.67. The highest BCUT2D eigenvalue weighted by Gasteiger charge is 2.13. The van der Waals surface area contributed by atoms with E-state index in [1.54, 1.807) is 36.0 Å². The van der Waals surface area contributed by atoms with Gasteiger partial charge in [0.25, 0.3) is 0 Å². The van der Waals surface area contributed by atoms with Crippen LogP contribution in [0.4, 0.5) is 0 Å². The van der Waals surface area contributed by atoms with Crippen LogP contribution < -0.4 is 5.11 Å². The van der Waals surface area contributed by atoms with Gasteiger partial charge in [-0.2, -0.15) is 0 Å². The number of benzene rings is 2. The van der Waals surface area contributed by atoms with Gasteiger partial charge in [-0.15, -0.1) is 10.2 Å². The van der Waals surface area contributed by atoms with Gasteiger partial charge in [0.2, 0.25) is 0 Å². The van der Waals surface area contributed by atoms with Gasteiger partial charge in [-0.3, -0.25) is 0 Å². The zero-order valence-electron chi connectivity index (χ0n) is 13.5. The van der Waals surface area contributed by atoms with E-state index in [1.807, 2.05) is 35.8 Å². The van der Waals surface area contributed by atoms with E-state index in [9.17, 15) is 9.90 Å². The molecule has 3 aromatic rings. The van der Waals surface area contributed by atoms with E-state index in [2.05, 4.69) is 10.2 Å². The molecule has 1 aromatic heterocycles. The Balaban J connectivity index is 1.78. The standard InChI is InChI=1S/C18H16ClN3O2S/c1-2-22-16(14-4-3-5-15(19)10-14)20-21-18(22)25-11-12-6-8-13(9-7-12)17(23)24/h3-10H,2,11H2,1H3,(H,23,24)/p-1. The highest BCUT2D eigenvalue weighted by Crippen LogP contribution is 2.27. The number of carboxylic acids is 1. The van der Waals surface area contributed by atoms with E-state index in [4.69, 9.17) is 11.6 Å². The number of carboxylic acid groups (broad SMARTS) is 1. The summed E-state index contributed by atoms with van der Waals surface area (Å²) in [7, 11) is 0. The number of thioether (sulfide) groups is 1. The number of aromatic nitrogens is 3. The Hall–Kier alpha value is -2.31. The summed E-state index contributed by atoms with van der Waals surface area (Å²) < 4.78 is 2.03. The molecule has 0 radical (unpaired) electrons. The average Bonchev–Trinajstić information content (AvgIpc) is 3.03. The zero-order chi connectivity index (χ0) is 17.8. The molecule has 0 N–H and O–H groups in total. The van der Waals surface area contributed by atoms with Crippen LogP contribution >= 0.6 is 23.4 Å². The van der Waals surface area contributed by atoms with Crippen LogP contribution in [0.1, 0.15) is 22.8 Å². The minimum Gasteiger partial charge on any atom is -0.545 e. The maximum Gasteiger partial charge on any atom is 0.191 e. The third kappa shape index (κ3) is 4.03. The van der Waals surface area contributed by atoms with Crippen LogP contribution in [-0.2, 0) is 12.3 Å². The van der Waals surface area contributed by atoms with Crippen LogP contribution in [0.5, 0.6) is 0 Å². The molecule has 0 aliphatic heterocycles. The lowest BCUT2D eigenvalue weighted by molar-refractivity contribution is -0.255. The van der Waals surface area contributed by atoms with Crippen molar-refractivity contribution in [3.63, 3.8) is 0 Å². The zero-order valence-corrected chi connectivity index (χ0v) is 15.0. The average molecular weight is 373 g/mol. The largest absolute Gasteiger partial charge is 0.545 e. The first kappa shape index (κ1) is 17.5. The molecule has 0 bridgehead atoms. The molecular weight excluding hydrogens is 358 g/mol. The Morgan fingerprint density at radius 1 is 1.20 bits per heavy atom. The molecule has 0 spiro atoms. The van der Waals surface area contributed by atoms with E-state index in [-0.39, 0.29) is 5.56 Å². The highest BCUT2D eigenvalue weighted by molar-refractivity contribution is 7.98. The first-order chi connectivity index (χ1) is 12.1. The second-order valence-electron chi connectivity index (χ2n) is 5.33. The smallest absolute Gasteiger partial charge is 0.191 e. The van der Waals surface area contributed by atoms with Crippen molar-refractivity contribution in [1.82, 2.24) is 14.8 Å². The molecule has 0 atom stereocenters. The summed E-state index contributed by atoms with van der Waals surface area (Å²) in [6, 6.07) is 14.2. The molecule has 128 valence electrons. The molecule has 5 nitrogen and oxygen atoms in total. The van der Waals surface area contributed by atoms with Gasteiger partial charge in [-0.1, -0.05) is 59.8 Å². The van der Waals surface area contributed by atoms with E-state index >= 15 is 0 Å². The first-order valence-corrected chi connectivity index (χ1v) is 9.07. The molecule has 0 fully saturated rings. The Morgan fingerprint density at radius 2 is 1.96 bits per heavy atom. The van der Waals surface area contributed by atoms with Crippen molar-refractivity contribution < 1.29 is 9.90 Å². The molecule has 0 unspecified atom stereocenters. The van der Waals surface area contributed by atoms with Crippen molar-refractivity contribution in [3.05, 3.63) is 64.7 Å². The van der Waals surface area contributed by atoms with Crippen molar-refractivity contribution in [1.29, 1.82) is 0 Å². The van der Waals surface area contributed by atoms with Gasteiger partial charge in [0, 0.05) is 22.9 Å². The van der Waals surface area contributed by atoms with Crippen LogP contribution in [0.25, 0.3) is 11.4 Å². The van der Waals surface area contributed by atoms with Gasteiger partial charge in [0.1, 0.15) is 0 Å².